The molecule has 0 unspecified atom stereocenters. The lowest BCUT2D eigenvalue weighted by atomic mass is 10.0. The second-order valence-corrected chi connectivity index (χ2v) is 8.13. The number of hydrazine groups is 1. The molecule has 1 aromatic heterocycles. The Morgan fingerprint density at radius 3 is 2.52 bits per heavy atom. The molecule has 0 radical (unpaired) electrons. The van der Waals surface area contributed by atoms with E-state index in [1.807, 2.05) is 18.2 Å². The van der Waals surface area contributed by atoms with Crippen molar-refractivity contribution in [2.24, 2.45) is 0 Å². The van der Waals surface area contributed by atoms with Crippen molar-refractivity contribution in [1.29, 1.82) is 0 Å². The third kappa shape index (κ3) is 4.91. The van der Waals surface area contributed by atoms with E-state index in [1.165, 1.54) is 17.5 Å². The van der Waals surface area contributed by atoms with Gasteiger partial charge in [0.1, 0.15) is 5.75 Å². The molecule has 7 nitrogen and oxygen atoms in total. The molecule has 0 aliphatic heterocycles. The summed E-state index contributed by atoms with van der Waals surface area (Å²) in [6.45, 7) is 0. The molecule has 0 saturated heterocycles. The van der Waals surface area contributed by atoms with Gasteiger partial charge in [0.05, 0.1) is 18.6 Å². The number of nitrogens with one attached hydrogen (secondary N) is 2. The normalized spacial score (nSPS) is 12.7. The maximum Gasteiger partial charge on any atom is 0.269 e. The highest BCUT2D eigenvalue weighted by Crippen LogP contribution is 2.30. The van der Waals surface area contributed by atoms with Gasteiger partial charge in [0.15, 0.2) is 5.16 Å². The summed E-state index contributed by atoms with van der Waals surface area (Å²) in [5.74, 6) is 0.120. The molecule has 0 saturated carbocycles. The van der Waals surface area contributed by atoms with Crippen LogP contribution in [0.4, 0.5) is 0 Å². The lowest BCUT2D eigenvalue weighted by Gasteiger charge is -2.15. The Morgan fingerprint density at radius 1 is 1.03 bits per heavy atom. The van der Waals surface area contributed by atoms with Crippen molar-refractivity contribution in [3.05, 3.63) is 71.5 Å². The van der Waals surface area contributed by atoms with Crippen LogP contribution in [-0.2, 0) is 17.6 Å². The van der Waals surface area contributed by atoms with E-state index in [0.717, 1.165) is 42.2 Å². The minimum Gasteiger partial charge on any atom is -0.497 e. The first-order valence-corrected chi connectivity index (χ1v) is 11.2. The molecular formula is C23H24N4O3S. The highest BCUT2D eigenvalue weighted by molar-refractivity contribution is 7.99. The van der Waals surface area contributed by atoms with Crippen LogP contribution in [0.1, 0.15) is 34.6 Å². The van der Waals surface area contributed by atoms with E-state index in [-0.39, 0.29) is 17.6 Å². The molecule has 4 rings (SSSR count). The largest absolute Gasteiger partial charge is 0.497 e. The number of ether oxygens (including phenoxy) is 1. The highest BCUT2D eigenvalue weighted by Gasteiger charge is 2.22. The summed E-state index contributed by atoms with van der Waals surface area (Å²) in [5, 5.41) is 0.801. The topological polar surface area (TPSA) is 85.2 Å². The average Bonchev–Trinajstić information content (AvgIpc) is 3.20. The maximum absolute atomic E-state index is 12.3. The molecule has 160 valence electrons. The summed E-state index contributed by atoms with van der Waals surface area (Å²) in [6, 6.07) is 16.7. The summed E-state index contributed by atoms with van der Waals surface area (Å²) < 4.78 is 7.24. The van der Waals surface area contributed by atoms with Gasteiger partial charge < -0.3 is 4.74 Å². The Kier molecular flexibility index (Phi) is 6.57. The summed E-state index contributed by atoms with van der Waals surface area (Å²) in [6.07, 6.45) is 4.24. The van der Waals surface area contributed by atoms with Gasteiger partial charge in [0, 0.05) is 16.9 Å². The molecule has 3 aromatic rings. The molecule has 0 spiro atoms. The Bertz CT molecular complexity index is 1060. The van der Waals surface area contributed by atoms with E-state index in [0.29, 0.717) is 11.3 Å². The molecule has 1 heterocycles. The van der Waals surface area contributed by atoms with Gasteiger partial charge in [-0.05, 0) is 62.1 Å². The number of amides is 2. The van der Waals surface area contributed by atoms with Gasteiger partial charge in [-0.2, -0.15) is 0 Å². The molecule has 2 amide bonds. The van der Waals surface area contributed by atoms with Gasteiger partial charge >= 0.3 is 0 Å². The first-order chi connectivity index (χ1) is 15.2. The number of fused-ring (bicyclic) bond motifs is 1. The van der Waals surface area contributed by atoms with Gasteiger partial charge in [0.25, 0.3) is 5.91 Å². The first-order valence-electron chi connectivity index (χ1n) is 10.2. The number of para-hydroxylation sites is 1. The van der Waals surface area contributed by atoms with E-state index in [2.05, 4.69) is 27.6 Å². The number of nitrogens with zero attached hydrogens (tertiary/aromatic N) is 2. The van der Waals surface area contributed by atoms with Crippen LogP contribution in [0.5, 0.6) is 5.75 Å². The minimum absolute atomic E-state index is 0.144. The summed E-state index contributed by atoms with van der Waals surface area (Å²) in [4.78, 5) is 29.3. The van der Waals surface area contributed by atoms with Crippen molar-refractivity contribution in [2.75, 3.05) is 12.9 Å². The van der Waals surface area contributed by atoms with Gasteiger partial charge in [-0.1, -0.05) is 30.0 Å². The Morgan fingerprint density at radius 2 is 1.77 bits per heavy atom. The van der Waals surface area contributed by atoms with Crippen LogP contribution in [0, 0.1) is 0 Å². The zero-order valence-electron chi connectivity index (χ0n) is 17.3. The molecule has 2 N–H and O–H groups in total. The first kappa shape index (κ1) is 21.0. The van der Waals surface area contributed by atoms with Gasteiger partial charge in [0.2, 0.25) is 5.91 Å². The Hall–Kier alpha value is -3.26. The number of hydrogen-bond acceptors (Lipinski definition) is 5. The number of thioether (sulfide) groups is 1. The number of carbonyl (C=O) groups excluding carboxylic acids is 2. The zero-order chi connectivity index (χ0) is 21.6. The van der Waals surface area contributed by atoms with E-state index in [4.69, 9.17) is 9.72 Å². The van der Waals surface area contributed by atoms with Crippen LogP contribution < -0.4 is 15.6 Å². The van der Waals surface area contributed by atoms with Crippen molar-refractivity contribution in [3.8, 4) is 11.4 Å². The SMILES string of the molecule is COc1ccc(C(=O)NNC(=O)CSc2nc3c(n2-c2ccccc2)CCCC3)cc1. The highest BCUT2D eigenvalue weighted by atomic mass is 32.2. The zero-order valence-corrected chi connectivity index (χ0v) is 18.1. The van der Waals surface area contributed by atoms with E-state index >= 15 is 0 Å². The number of rotatable bonds is 6. The fraction of sp³-hybridized carbons (Fsp3) is 0.261. The fourth-order valence-corrected chi connectivity index (χ4v) is 4.41. The second-order valence-electron chi connectivity index (χ2n) is 7.19. The number of hydrogen-bond donors (Lipinski definition) is 2. The van der Waals surface area contributed by atoms with Crippen LogP contribution in [0.2, 0.25) is 0 Å². The number of carbonyl (C=O) groups is 2. The molecule has 2 aromatic carbocycles. The predicted octanol–water partition coefficient (Wildman–Crippen LogP) is 3.31. The lowest BCUT2D eigenvalue weighted by Crippen LogP contribution is -2.42. The van der Waals surface area contributed by atoms with Crippen molar-refractivity contribution in [1.82, 2.24) is 20.4 Å². The smallest absolute Gasteiger partial charge is 0.269 e. The number of aryl methyl sites for hydroxylation is 1. The van der Waals surface area contributed by atoms with Gasteiger partial charge in [-0.3, -0.25) is 25.0 Å². The summed E-state index contributed by atoms with van der Waals surface area (Å²) >= 11 is 1.37. The third-order valence-corrected chi connectivity index (χ3v) is 6.06. The molecule has 0 bridgehead atoms. The molecule has 8 heteroatoms. The average molecular weight is 437 g/mol. The standard InChI is InChI=1S/C23H24N4O3S/c1-30-18-13-11-16(12-14-18)22(29)26-25-21(28)15-31-23-24-19-9-5-6-10-20(19)27(23)17-7-3-2-4-8-17/h2-4,7-8,11-14H,5-6,9-10,15H2,1H3,(H,25,28)(H,26,29). The monoisotopic (exact) mass is 436 g/mol. The van der Waals surface area contributed by atoms with Gasteiger partial charge in [-0.15, -0.1) is 0 Å². The molecule has 0 atom stereocenters. The predicted molar refractivity (Wildman–Crippen MR) is 120 cm³/mol. The quantitative estimate of drug-likeness (QED) is 0.457. The third-order valence-electron chi connectivity index (χ3n) is 5.12. The van der Waals surface area contributed by atoms with Crippen LogP contribution in [0.15, 0.2) is 59.8 Å². The van der Waals surface area contributed by atoms with Crippen molar-refractivity contribution in [3.63, 3.8) is 0 Å². The lowest BCUT2D eigenvalue weighted by molar-refractivity contribution is -0.119. The minimum atomic E-state index is -0.387. The molecule has 31 heavy (non-hydrogen) atoms. The van der Waals surface area contributed by atoms with Crippen LogP contribution >= 0.6 is 11.8 Å². The summed E-state index contributed by atoms with van der Waals surface area (Å²) in [7, 11) is 1.56. The number of benzene rings is 2. The second kappa shape index (κ2) is 9.70. The number of methoxy groups -OCH3 is 1. The molecular weight excluding hydrogens is 412 g/mol. The van der Waals surface area contributed by atoms with Crippen molar-refractivity contribution in [2.45, 2.75) is 30.8 Å². The van der Waals surface area contributed by atoms with E-state index in [1.54, 1.807) is 31.4 Å². The number of imidazole rings is 1. The number of aromatic nitrogens is 2. The van der Waals surface area contributed by atoms with Crippen LogP contribution in [-0.4, -0.2) is 34.2 Å². The van der Waals surface area contributed by atoms with E-state index < -0.39 is 0 Å². The fourth-order valence-electron chi connectivity index (χ4n) is 3.56. The van der Waals surface area contributed by atoms with Crippen molar-refractivity contribution >= 4 is 23.6 Å². The van der Waals surface area contributed by atoms with Gasteiger partial charge in [-0.25, -0.2) is 4.98 Å². The molecule has 0 fully saturated rings. The molecule has 1 aliphatic carbocycles. The van der Waals surface area contributed by atoms with E-state index in [9.17, 15) is 9.59 Å². The Balaban J connectivity index is 1.39. The van der Waals surface area contributed by atoms with Crippen LogP contribution in [0.3, 0.4) is 0 Å². The maximum atomic E-state index is 12.3. The Labute approximate surface area is 185 Å². The molecule has 1 aliphatic rings. The van der Waals surface area contributed by atoms with Crippen molar-refractivity contribution < 1.29 is 14.3 Å². The van der Waals surface area contributed by atoms with Crippen LogP contribution in [0.25, 0.3) is 5.69 Å². The summed E-state index contributed by atoms with van der Waals surface area (Å²) in [5.41, 5.74) is 8.75.